The summed E-state index contributed by atoms with van der Waals surface area (Å²) >= 11 is 0. The number of fused-ring (bicyclic) bond motifs is 1. The molecule has 0 aliphatic heterocycles. The van der Waals surface area contributed by atoms with E-state index in [4.69, 9.17) is 10.2 Å². The Morgan fingerprint density at radius 2 is 1.67 bits per heavy atom. The Hall–Kier alpha value is -2.48. The van der Waals surface area contributed by atoms with Gasteiger partial charge in [-0.25, -0.2) is 17.9 Å². The van der Waals surface area contributed by atoms with Gasteiger partial charge in [0.2, 0.25) is 10.0 Å². The van der Waals surface area contributed by atoms with Crippen molar-refractivity contribution < 1.29 is 12.8 Å². The Balaban J connectivity index is 1.74. The summed E-state index contributed by atoms with van der Waals surface area (Å²) in [6.45, 7) is 4.29. The van der Waals surface area contributed by atoms with Crippen LogP contribution in [0.3, 0.4) is 0 Å². The number of sulfonamides is 1. The fourth-order valence-corrected chi connectivity index (χ4v) is 3.84. The van der Waals surface area contributed by atoms with Crippen LogP contribution < -0.4 is 16.1 Å². The van der Waals surface area contributed by atoms with E-state index in [0.29, 0.717) is 16.9 Å². The zero-order valence-corrected chi connectivity index (χ0v) is 16.0. The summed E-state index contributed by atoms with van der Waals surface area (Å²) in [5.74, 6) is 0.422. The van der Waals surface area contributed by atoms with Crippen LogP contribution in [0.2, 0.25) is 0 Å². The molecule has 0 bridgehead atoms. The lowest BCUT2D eigenvalue weighted by atomic mass is 9.99. The molecule has 27 heavy (non-hydrogen) atoms. The van der Waals surface area contributed by atoms with Gasteiger partial charge in [-0.1, -0.05) is 38.1 Å². The minimum Gasteiger partial charge on any atom is -0.423 e. The van der Waals surface area contributed by atoms with Crippen LogP contribution >= 0.6 is 0 Å². The molecule has 3 rings (SSSR count). The third-order valence-corrected chi connectivity index (χ3v) is 5.85. The lowest BCUT2D eigenvalue weighted by Crippen LogP contribution is -2.32. The van der Waals surface area contributed by atoms with Crippen molar-refractivity contribution in [2.75, 3.05) is 6.54 Å². The van der Waals surface area contributed by atoms with Crippen LogP contribution in [-0.2, 0) is 10.0 Å². The normalized spacial score (nSPS) is 13.2. The summed E-state index contributed by atoms with van der Waals surface area (Å²) < 4.78 is 32.7. The van der Waals surface area contributed by atoms with Gasteiger partial charge in [0.1, 0.15) is 5.58 Å². The van der Waals surface area contributed by atoms with Crippen LogP contribution in [-0.4, -0.2) is 15.0 Å². The molecule has 1 atom stereocenters. The maximum Gasteiger partial charge on any atom is 0.336 e. The summed E-state index contributed by atoms with van der Waals surface area (Å²) in [6, 6.07) is 14.5. The first kappa shape index (κ1) is 19.3. The summed E-state index contributed by atoms with van der Waals surface area (Å²) in [7, 11) is -3.74. The van der Waals surface area contributed by atoms with Gasteiger partial charge < -0.3 is 10.2 Å². The average molecular weight is 386 g/mol. The first-order chi connectivity index (χ1) is 12.8. The van der Waals surface area contributed by atoms with Gasteiger partial charge in [-0.3, -0.25) is 0 Å². The Kier molecular flexibility index (Phi) is 5.46. The molecular formula is C20H22N2O4S. The monoisotopic (exact) mass is 386 g/mol. The Labute approximate surface area is 158 Å². The highest BCUT2D eigenvalue weighted by molar-refractivity contribution is 7.89. The molecule has 1 unspecified atom stereocenters. The van der Waals surface area contributed by atoms with Crippen molar-refractivity contribution in [1.29, 1.82) is 0 Å². The van der Waals surface area contributed by atoms with Gasteiger partial charge in [0.25, 0.3) is 0 Å². The van der Waals surface area contributed by atoms with E-state index in [1.807, 2.05) is 24.3 Å². The molecule has 0 aliphatic rings. The molecule has 6 nitrogen and oxygen atoms in total. The highest BCUT2D eigenvalue weighted by Gasteiger charge is 2.17. The number of nitrogens with one attached hydrogen (secondary N) is 1. The average Bonchev–Trinajstić information content (AvgIpc) is 2.65. The second-order valence-corrected chi connectivity index (χ2v) is 8.50. The molecule has 7 heteroatoms. The lowest BCUT2D eigenvalue weighted by Gasteiger charge is -2.15. The lowest BCUT2D eigenvalue weighted by molar-refractivity contribution is 0.560. The zero-order chi connectivity index (χ0) is 19.6. The van der Waals surface area contributed by atoms with Crippen LogP contribution in [0.4, 0.5) is 0 Å². The van der Waals surface area contributed by atoms with E-state index >= 15 is 0 Å². The van der Waals surface area contributed by atoms with Crippen LogP contribution in [0.15, 0.2) is 68.7 Å². The summed E-state index contributed by atoms with van der Waals surface area (Å²) in [5.41, 5.74) is 8.06. The molecule has 0 saturated heterocycles. The highest BCUT2D eigenvalue weighted by Crippen LogP contribution is 2.20. The first-order valence-corrected chi connectivity index (χ1v) is 10.1. The second kappa shape index (κ2) is 7.64. The van der Waals surface area contributed by atoms with Crippen molar-refractivity contribution in [1.82, 2.24) is 4.72 Å². The van der Waals surface area contributed by atoms with Crippen LogP contribution in [0.1, 0.15) is 36.9 Å². The molecular weight excluding hydrogens is 364 g/mol. The molecule has 1 aromatic heterocycles. The number of nitrogens with two attached hydrogens (primary N) is 1. The fraction of sp³-hybridized carbons (Fsp3) is 0.250. The van der Waals surface area contributed by atoms with Gasteiger partial charge in [-0.05, 0) is 41.3 Å². The number of hydrogen-bond donors (Lipinski definition) is 2. The van der Waals surface area contributed by atoms with Crippen molar-refractivity contribution in [3.63, 3.8) is 0 Å². The Morgan fingerprint density at radius 3 is 2.33 bits per heavy atom. The number of hydrogen-bond acceptors (Lipinski definition) is 5. The van der Waals surface area contributed by atoms with Crippen molar-refractivity contribution >= 4 is 21.0 Å². The minimum absolute atomic E-state index is 0.0747. The maximum atomic E-state index is 12.6. The molecule has 2 aromatic carbocycles. The molecule has 142 valence electrons. The summed E-state index contributed by atoms with van der Waals surface area (Å²) in [5, 5.41) is 0.533. The SMILES string of the molecule is CC(C)c1ccc(C(N)CNS(=O)(=O)c2ccc3oc(=O)ccc3c2)cc1. The van der Waals surface area contributed by atoms with Crippen LogP contribution in [0, 0.1) is 0 Å². The molecule has 0 aliphatic carbocycles. The largest absolute Gasteiger partial charge is 0.423 e. The molecule has 1 heterocycles. The second-order valence-electron chi connectivity index (χ2n) is 6.73. The van der Waals surface area contributed by atoms with E-state index in [2.05, 4.69) is 18.6 Å². The van der Waals surface area contributed by atoms with Gasteiger partial charge in [0, 0.05) is 24.0 Å². The predicted molar refractivity (Wildman–Crippen MR) is 105 cm³/mol. The summed E-state index contributed by atoms with van der Waals surface area (Å²) in [4.78, 5) is 11.3. The van der Waals surface area contributed by atoms with Gasteiger partial charge in [-0.15, -0.1) is 0 Å². The van der Waals surface area contributed by atoms with E-state index in [1.54, 1.807) is 0 Å². The predicted octanol–water partition coefficient (Wildman–Crippen LogP) is 2.89. The molecule has 0 fully saturated rings. The van der Waals surface area contributed by atoms with E-state index in [-0.39, 0.29) is 11.4 Å². The Bertz CT molecular complexity index is 1100. The van der Waals surface area contributed by atoms with Gasteiger partial charge in [0.15, 0.2) is 0 Å². The van der Waals surface area contributed by atoms with Crippen molar-refractivity contribution in [2.45, 2.75) is 30.7 Å². The third-order valence-electron chi connectivity index (χ3n) is 4.43. The molecule has 0 saturated carbocycles. The summed E-state index contributed by atoms with van der Waals surface area (Å²) in [6.07, 6.45) is 0. The maximum absolute atomic E-state index is 12.6. The molecule has 3 aromatic rings. The van der Waals surface area contributed by atoms with Crippen LogP contribution in [0.5, 0.6) is 0 Å². The number of benzene rings is 2. The van der Waals surface area contributed by atoms with E-state index in [1.165, 1.54) is 35.9 Å². The molecule has 0 amide bonds. The molecule has 3 N–H and O–H groups in total. The molecule has 0 spiro atoms. The smallest absolute Gasteiger partial charge is 0.336 e. The highest BCUT2D eigenvalue weighted by atomic mass is 32.2. The van der Waals surface area contributed by atoms with E-state index in [0.717, 1.165) is 5.56 Å². The van der Waals surface area contributed by atoms with Crippen LogP contribution in [0.25, 0.3) is 11.0 Å². The van der Waals surface area contributed by atoms with Gasteiger partial charge >= 0.3 is 5.63 Å². The first-order valence-electron chi connectivity index (χ1n) is 8.65. The fourth-order valence-electron chi connectivity index (χ4n) is 2.75. The quantitative estimate of drug-likeness (QED) is 0.634. The van der Waals surface area contributed by atoms with Gasteiger partial charge in [-0.2, -0.15) is 0 Å². The van der Waals surface area contributed by atoms with Crippen molar-refractivity contribution in [3.05, 3.63) is 76.1 Å². The van der Waals surface area contributed by atoms with Crippen molar-refractivity contribution in [2.24, 2.45) is 5.73 Å². The molecule has 0 radical (unpaired) electrons. The van der Waals surface area contributed by atoms with Crippen molar-refractivity contribution in [3.8, 4) is 0 Å². The third kappa shape index (κ3) is 4.44. The number of rotatable bonds is 6. The van der Waals surface area contributed by atoms with E-state index < -0.39 is 21.7 Å². The minimum atomic E-state index is -3.74. The topological polar surface area (TPSA) is 102 Å². The zero-order valence-electron chi connectivity index (χ0n) is 15.2. The Morgan fingerprint density at radius 1 is 1.00 bits per heavy atom. The standard InChI is InChI=1S/C20H22N2O4S/c1-13(2)14-3-5-15(6-4-14)18(21)12-22-27(24,25)17-8-9-19-16(11-17)7-10-20(23)26-19/h3-11,13,18,22H,12,21H2,1-2H3. The van der Waals surface area contributed by atoms with E-state index in [9.17, 15) is 13.2 Å². The van der Waals surface area contributed by atoms with Gasteiger partial charge in [0.05, 0.1) is 4.90 Å².